The predicted molar refractivity (Wildman–Crippen MR) is 67.0 cm³/mol. The van der Waals surface area contributed by atoms with Crippen LogP contribution in [0.3, 0.4) is 0 Å². The van der Waals surface area contributed by atoms with Gasteiger partial charge in [-0.3, -0.25) is 9.59 Å². The van der Waals surface area contributed by atoms with E-state index in [1.54, 1.807) is 11.8 Å². The second kappa shape index (κ2) is 6.37. The lowest BCUT2D eigenvalue weighted by Crippen LogP contribution is -2.36. The van der Waals surface area contributed by atoms with E-state index >= 15 is 0 Å². The largest absolute Gasteiger partial charge is 0.367 e. The Morgan fingerprint density at radius 2 is 2.38 bits per heavy atom. The van der Waals surface area contributed by atoms with Crippen molar-refractivity contribution in [1.82, 2.24) is 10.3 Å². The fourth-order valence-electron chi connectivity index (χ4n) is 1.23. The topological polar surface area (TPSA) is 62.0 Å². The molecule has 16 heavy (non-hydrogen) atoms. The lowest BCUT2D eigenvalue weighted by molar-refractivity contribution is 0.0942. The molecule has 1 aromatic heterocycles. The van der Waals surface area contributed by atoms with Crippen LogP contribution >= 0.6 is 11.8 Å². The van der Waals surface area contributed by atoms with Crippen LogP contribution < -0.4 is 10.7 Å². The van der Waals surface area contributed by atoms with Gasteiger partial charge < -0.3 is 10.3 Å². The zero-order valence-electron chi connectivity index (χ0n) is 9.45. The average Bonchev–Trinajstić information content (AvgIpc) is 2.26. The maximum atomic E-state index is 11.7. The molecule has 0 aliphatic carbocycles. The van der Waals surface area contributed by atoms with Crippen LogP contribution in [0, 0.1) is 0 Å². The van der Waals surface area contributed by atoms with Gasteiger partial charge in [-0.15, -0.1) is 0 Å². The second-order valence-electron chi connectivity index (χ2n) is 3.46. The number of thioether (sulfide) groups is 1. The number of amides is 1. The van der Waals surface area contributed by atoms with Crippen LogP contribution in [0.25, 0.3) is 0 Å². The molecular formula is C11H16N2O2S. The summed E-state index contributed by atoms with van der Waals surface area (Å²) in [6.45, 7) is 4.00. The van der Waals surface area contributed by atoms with Gasteiger partial charge in [0, 0.05) is 30.3 Å². The monoisotopic (exact) mass is 240 g/mol. The van der Waals surface area contributed by atoms with E-state index in [9.17, 15) is 9.59 Å². The van der Waals surface area contributed by atoms with E-state index in [-0.39, 0.29) is 22.9 Å². The minimum Gasteiger partial charge on any atom is -0.367 e. The van der Waals surface area contributed by atoms with E-state index in [2.05, 4.69) is 17.2 Å². The number of hydrogen-bond donors (Lipinski definition) is 2. The van der Waals surface area contributed by atoms with Crippen LogP contribution in [0.2, 0.25) is 0 Å². The molecule has 0 radical (unpaired) electrons. The molecule has 0 fully saturated rings. The van der Waals surface area contributed by atoms with Crippen LogP contribution in [0.5, 0.6) is 0 Å². The van der Waals surface area contributed by atoms with Gasteiger partial charge in [-0.25, -0.2) is 0 Å². The molecule has 1 aromatic rings. The van der Waals surface area contributed by atoms with Gasteiger partial charge in [-0.1, -0.05) is 6.92 Å². The van der Waals surface area contributed by atoms with Crippen LogP contribution in [-0.2, 0) is 0 Å². The molecule has 0 saturated carbocycles. The molecule has 0 aromatic carbocycles. The molecule has 5 heteroatoms. The standard InChI is InChI=1S/C11H16N2O2S/c1-3-16-7-8(2)13-11(15)9-6-12-5-4-10(9)14/h4-6,8H,3,7H2,1-2H3,(H,12,14)(H,13,15). The first kappa shape index (κ1) is 12.8. The molecule has 88 valence electrons. The van der Waals surface area contributed by atoms with E-state index in [0.29, 0.717) is 0 Å². The number of hydrogen-bond acceptors (Lipinski definition) is 3. The Bertz CT molecular complexity index is 403. The van der Waals surface area contributed by atoms with Crippen molar-refractivity contribution in [2.24, 2.45) is 0 Å². The van der Waals surface area contributed by atoms with Gasteiger partial charge in [-0.05, 0) is 12.7 Å². The van der Waals surface area contributed by atoms with Crippen LogP contribution in [0.15, 0.2) is 23.3 Å². The van der Waals surface area contributed by atoms with Crippen molar-refractivity contribution in [2.75, 3.05) is 11.5 Å². The third kappa shape index (κ3) is 3.73. The van der Waals surface area contributed by atoms with Crippen molar-refractivity contribution >= 4 is 17.7 Å². The Kier molecular flexibility index (Phi) is 5.11. The highest BCUT2D eigenvalue weighted by atomic mass is 32.2. The van der Waals surface area contributed by atoms with E-state index in [4.69, 9.17) is 0 Å². The lowest BCUT2D eigenvalue weighted by Gasteiger charge is -2.12. The Hall–Kier alpha value is -1.23. The molecule has 2 N–H and O–H groups in total. The van der Waals surface area contributed by atoms with Crippen molar-refractivity contribution in [2.45, 2.75) is 19.9 Å². The number of nitrogens with one attached hydrogen (secondary N) is 2. The molecule has 0 aliphatic rings. The lowest BCUT2D eigenvalue weighted by atomic mass is 10.2. The zero-order valence-corrected chi connectivity index (χ0v) is 10.3. The number of aromatic nitrogens is 1. The van der Waals surface area contributed by atoms with Gasteiger partial charge in [0.1, 0.15) is 5.56 Å². The Balaban J connectivity index is 2.59. The summed E-state index contributed by atoms with van der Waals surface area (Å²) < 4.78 is 0. The van der Waals surface area contributed by atoms with Crippen LogP contribution in [0.4, 0.5) is 0 Å². The Morgan fingerprint density at radius 3 is 3.00 bits per heavy atom. The summed E-state index contributed by atoms with van der Waals surface area (Å²) in [6.07, 6.45) is 2.94. The van der Waals surface area contributed by atoms with Crippen LogP contribution in [-0.4, -0.2) is 28.4 Å². The second-order valence-corrected chi connectivity index (χ2v) is 4.78. The summed E-state index contributed by atoms with van der Waals surface area (Å²) in [5.74, 6) is 1.56. The molecule has 0 aliphatic heterocycles. The molecule has 1 atom stereocenters. The van der Waals surface area contributed by atoms with Gasteiger partial charge >= 0.3 is 0 Å². The highest BCUT2D eigenvalue weighted by Gasteiger charge is 2.11. The van der Waals surface area contributed by atoms with Gasteiger partial charge in [-0.2, -0.15) is 11.8 Å². The molecule has 1 amide bonds. The molecule has 1 unspecified atom stereocenters. The summed E-state index contributed by atoms with van der Waals surface area (Å²) in [4.78, 5) is 25.8. The quantitative estimate of drug-likeness (QED) is 0.814. The van der Waals surface area contributed by atoms with Crippen molar-refractivity contribution in [3.63, 3.8) is 0 Å². The number of carbonyl (C=O) groups is 1. The molecule has 1 heterocycles. The summed E-state index contributed by atoms with van der Waals surface area (Å²) in [5, 5.41) is 2.79. The summed E-state index contributed by atoms with van der Waals surface area (Å²) in [6, 6.07) is 1.41. The highest BCUT2D eigenvalue weighted by Crippen LogP contribution is 2.01. The van der Waals surface area contributed by atoms with Crippen molar-refractivity contribution < 1.29 is 4.79 Å². The van der Waals surface area contributed by atoms with Gasteiger partial charge in [0.05, 0.1) is 0 Å². The first-order chi connectivity index (χ1) is 7.65. The van der Waals surface area contributed by atoms with Crippen LogP contribution in [0.1, 0.15) is 24.2 Å². The normalized spacial score (nSPS) is 12.1. The molecule has 4 nitrogen and oxygen atoms in total. The minimum absolute atomic E-state index is 0.0667. The fourth-order valence-corrected chi connectivity index (χ4v) is 1.90. The number of H-pyrrole nitrogens is 1. The third-order valence-electron chi connectivity index (χ3n) is 2.02. The molecular weight excluding hydrogens is 224 g/mol. The van der Waals surface area contributed by atoms with E-state index < -0.39 is 0 Å². The third-order valence-corrected chi connectivity index (χ3v) is 3.16. The van der Waals surface area contributed by atoms with E-state index in [0.717, 1.165) is 11.5 Å². The average molecular weight is 240 g/mol. The van der Waals surface area contributed by atoms with Gasteiger partial charge in [0.25, 0.3) is 5.91 Å². The van der Waals surface area contributed by atoms with Crippen molar-refractivity contribution in [3.8, 4) is 0 Å². The molecule has 1 rings (SSSR count). The first-order valence-electron chi connectivity index (χ1n) is 5.21. The predicted octanol–water partition coefficient (Wildman–Crippen LogP) is 1.25. The zero-order chi connectivity index (χ0) is 12.0. The Labute approximate surface area is 98.8 Å². The highest BCUT2D eigenvalue weighted by molar-refractivity contribution is 7.99. The number of carbonyl (C=O) groups excluding carboxylic acids is 1. The maximum Gasteiger partial charge on any atom is 0.256 e. The minimum atomic E-state index is -0.314. The molecule has 0 saturated heterocycles. The summed E-state index contributed by atoms with van der Waals surface area (Å²) in [5.41, 5.74) is -0.0950. The fraction of sp³-hybridized carbons (Fsp3) is 0.455. The van der Waals surface area contributed by atoms with Gasteiger partial charge in [0.2, 0.25) is 0 Å². The SMILES string of the molecule is CCSCC(C)NC(=O)c1c[nH]ccc1=O. The van der Waals surface area contributed by atoms with E-state index in [1.165, 1.54) is 18.5 Å². The maximum absolute atomic E-state index is 11.7. The van der Waals surface area contributed by atoms with Crippen molar-refractivity contribution in [1.29, 1.82) is 0 Å². The van der Waals surface area contributed by atoms with Crippen molar-refractivity contribution in [3.05, 3.63) is 34.2 Å². The number of rotatable bonds is 5. The first-order valence-corrected chi connectivity index (χ1v) is 6.36. The summed E-state index contributed by atoms with van der Waals surface area (Å²) in [7, 11) is 0. The number of aromatic amines is 1. The molecule has 0 spiro atoms. The smallest absolute Gasteiger partial charge is 0.256 e. The van der Waals surface area contributed by atoms with Gasteiger partial charge in [0.15, 0.2) is 5.43 Å². The van der Waals surface area contributed by atoms with E-state index in [1.807, 2.05) is 6.92 Å². The Morgan fingerprint density at radius 1 is 1.62 bits per heavy atom. The number of pyridine rings is 1. The molecule has 0 bridgehead atoms. The summed E-state index contributed by atoms with van der Waals surface area (Å²) >= 11 is 1.76.